The monoisotopic (exact) mass is 565 g/mol. The number of hydrogen-bond acceptors (Lipinski definition) is 4. The van der Waals surface area contributed by atoms with Gasteiger partial charge in [-0.05, 0) is 30.2 Å². The Morgan fingerprint density at radius 1 is 1.12 bits per heavy atom. The van der Waals surface area contributed by atoms with E-state index in [1.54, 1.807) is 7.05 Å². The third-order valence-corrected chi connectivity index (χ3v) is 5.53. The van der Waals surface area contributed by atoms with Crippen molar-refractivity contribution in [2.24, 2.45) is 4.99 Å². The molecule has 1 fully saturated rings. The summed E-state index contributed by atoms with van der Waals surface area (Å²) in [5.74, 6) is 0.862. The van der Waals surface area contributed by atoms with Gasteiger partial charge in [0.1, 0.15) is 0 Å². The molecular weight excluding hydrogens is 529 g/mol. The zero-order valence-electron chi connectivity index (χ0n) is 19.8. The maximum atomic E-state index is 12.4. The molecule has 2 N–H and O–H groups in total. The summed E-state index contributed by atoms with van der Waals surface area (Å²) in [5, 5.41) is 6.43. The molecule has 1 aliphatic heterocycles. The van der Waals surface area contributed by atoms with Gasteiger partial charge in [0.05, 0.1) is 13.2 Å². The van der Waals surface area contributed by atoms with E-state index in [9.17, 15) is 4.79 Å². The number of rotatable bonds is 8. The van der Waals surface area contributed by atoms with Gasteiger partial charge in [-0.2, -0.15) is 0 Å². The van der Waals surface area contributed by atoms with Crippen LogP contribution in [0.25, 0.3) is 0 Å². The number of nitrogens with zero attached hydrogens (tertiary/aromatic N) is 3. The Hall–Kier alpha value is -2.17. The molecule has 0 bridgehead atoms. The lowest BCUT2D eigenvalue weighted by Crippen LogP contribution is -2.38. The number of carbonyl (C=O) groups is 1. The fourth-order valence-electron chi connectivity index (χ4n) is 3.68. The first-order valence-electron chi connectivity index (χ1n) is 11.2. The number of ether oxygens (including phenoxy) is 1. The molecule has 1 heterocycles. The van der Waals surface area contributed by atoms with Crippen LogP contribution < -0.4 is 10.6 Å². The summed E-state index contributed by atoms with van der Waals surface area (Å²) in [7, 11) is 3.82. The maximum absolute atomic E-state index is 12.4. The number of benzene rings is 2. The van der Waals surface area contributed by atoms with Crippen LogP contribution in [-0.2, 0) is 22.6 Å². The summed E-state index contributed by atoms with van der Waals surface area (Å²) in [4.78, 5) is 21.1. The number of morpholine rings is 1. The molecule has 1 saturated heterocycles. The minimum absolute atomic E-state index is 0. The molecule has 0 aliphatic carbocycles. The third-order valence-electron chi connectivity index (χ3n) is 5.53. The van der Waals surface area contributed by atoms with Crippen LogP contribution in [0.2, 0.25) is 0 Å². The highest BCUT2D eigenvalue weighted by Crippen LogP contribution is 2.12. The third kappa shape index (κ3) is 9.30. The van der Waals surface area contributed by atoms with Crippen molar-refractivity contribution in [2.75, 3.05) is 52.3 Å². The van der Waals surface area contributed by atoms with Crippen molar-refractivity contribution in [3.05, 3.63) is 65.2 Å². The van der Waals surface area contributed by atoms with E-state index in [2.05, 4.69) is 56.6 Å². The molecule has 1 aliphatic rings. The summed E-state index contributed by atoms with van der Waals surface area (Å²) >= 11 is 0. The average molecular weight is 566 g/mol. The van der Waals surface area contributed by atoms with E-state index in [1.165, 1.54) is 11.1 Å². The van der Waals surface area contributed by atoms with Gasteiger partial charge in [-0.3, -0.25) is 14.7 Å². The minimum Gasteiger partial charge on any atom is -0.379 e. The first kappa shape index (κ1) is 27.1. The molecule has 0 atom stereocenters. The number of nitrogens with one attached hydrogen (secondary N) is 2. The second kappa shape index (κ2) is 14.2. The lowest BCUT2D eigenvalue weighted by Gasteiger charge is -2.26. The number of carbonyl (C=O) groups excluding carboxylic acids is 1. The molecule has 8 heteroatoms. The van der Waals surface area contributed by atoms with E-state index >= 15 is 0 Å². The SMILES string of the molecule is CN=C(NCc1cccc(NC(=O)CCN2CCOCC2)c1)N(C)Cc1ccc(C)cc1.I. The maximum Gasteiger partial charge on any atom is 0.225 e. The topological polar surface area (TPSA) is 69.2 Å². The summed E-state index contributed by atoms with van der Waals surface area (Å²) < 4.78 is 5.35. The van der Waals surface area contributed by atoms with Crippen molar-refractivity contribution in [3.63, 3.8) is 0 Å². The van der Waals surface area contributed by atoms with Crippen molar-refractivity contribution in [1.29, 1.82) is 0 Å². The van der Waals surface area contributed by atoms with Crippen LogP contribution in [0.3, 0.4) is 0 Å². The Morgan fingerprint density at radius 2 is 1.85 bits per heavy atom. The van der Waals surface area contributed by atoms with E-state index in [-0.39, 0.29) is 29.9 Å². The lowest BCUT2D eigenvalue weighted by molar-refractivity contribution is -0.116. The zero-order chi connectivity index (χ0) is 22.8. The van der Waals surface area contributed by atoms with Gasteiger partial charge in [0.15, 0.2) is 5.96 Å². The number of aliphatic imine (C=N–C) groups is 1. The number of anilines is 1. The number of aryl methyl sites for hydroxylation is 1. The summed E-state index contributed by atoms with van der Waals surface area (Å²) in [5.41, 5.74) is 4.40. The second-order valence-corrected chi connectivity index (χ2v) is 8.19. The molecule has 3 rings (SSSR count). The van der Waals surface area contributed by atoms with Crippen molar-refractivity contribution >= 4 is 41.5 Å². The Labute approximate surface area is 214 Å². The van der Waals surface area contributed by atoms with E-state index in [0.717, 1.165) is 56.6 Å². The van der Waals surface area contributed by atoms with Crippen LogP contribution in [0.1, 0.15) is 23.1 Å². The Balaban J connectivity index is 0.00000385. The smallest absolute Gasteiger partial charge is 0.225 e. The number of amides is 1. The van der Waals surface area contributed by atoms with Crippen molar-refractivity contribution in [1.82, 2.24) is 15.1 Å². The minimum atomic E-state index is 0. The molecule has 0 unspecified atom stereocenters. The fourth-order valence-corrected chi connectivity index (χ4v) is 3.68. The largest absolute Gasteiger partial charge is 0.379 e. The number of hydrogen-bond donors (Lipinski definition) is 2. The molecule has 0 saturated carbocycles. The number of guanidine groups is 1. The Bertz CT molecular complexity index is 898. The van der Waals surface area contributed by atoms with Crippen LogP contribution in [-0.4, -0.2) is 68.6 Å². The van der Waals surface area contributed by atoms with Crippen molar-refractivity contribution in [2.45, 2.75) is 26.4 Å². The highest BCUT2D eigenvalue weighted by Gasteiger charge is 2.12. The molecule has 1 amide bonds. The quantitative estimate of drug-likeness (QED) is 0.292. The molecule has 33 heavy (non-hydrogen) atoms. The van der Waals surface area contributed by atoms with Gasteiger partial charge >= 0.3 is 0 Å². The van der Waals surface area contributed by atoms with Crippen LogP contribution in [0, 0.1) is 6.92 Å². The van der Waals surface area contributed by atoms with Crippen LogP contribution in [0.4, 0.5) is 5.69 Å². The highest BCUT2D eigenvalue weighted by molar-refractivity contribution is 14.0. The molecule has 0 aromatic heterocycles. The molecule has 0 radical (unpaired) electrons. The second-order valence-electron chi connectivity index (χ2n) is 8.19. The van der Waals surface area contributed by atoms with Gasteiger partial charge in [0, 0.05) is 58.9 Å². The molecule has 2 aromatic rings. The highest BCUT2D eigenvalue weighted by atomic mass is 127. The predicted molar refractivity (Wildman–Crippen MR) is 145 cm³/mol. The molecule has 0 spiro atoms. The average Bonchev–Trinajstić information content (AvgIpc) is 2.80. The fraction of sp³-hybridized carbons (Fsp3) is 0.440. The lowest BCUT2D eigenvalue weighted by atomic mass is 10.1. The van der Waals surface area contributed by atoms with Gasteiger partial charge in [0.2, 0.25) is 5.91 Å². The number of halogens is 1. The first-order valence-corrected chi connectivity index (χ1v) is 11.2. The van der Waals surface area contributed by atoms with E-state index in [0.29, 0.717) is 13.0 Å². The van der Waals surface area contributed by atoms with Gasteiger partial charge in [-0.15, -0.1) is 24.0 Å². The van der Waals surface area contributed by atoms with Crippen LogP contribution in [0.15, 0.2) is 53.5 Å². The Kier molecular flexibility index (Phi) is 11.6. The zero-order valence-corrected chi connectivity index (χ0v) is 22.2. The van der Waals surface area contributed by atoms with Crippen LogP contribution in [0.5, 0.6) is 0 Å². The van der Waals surface area contributed by atoms with Gasteiger partial charge in [-0.25, -0.2) is 0 Å². The standard InChI is InChI=1S/C25H35N5O2.HI/c1-20-7-9-21(10-8-20)19-29(3)25(26-2)27-18-22-5-4-6-23(17-22)28-24(31)11-12-30-13-15-32-16-14-30;/h4-10,17H,11-16,18-19H2,1-3H3,(H,26,27)(H,28,31);1H. The molecule has 7 nitrogen and oxygen atoms in total. The summed E-state index contributed by atoms with van der Waals surface area (Å²) in [6, 6.07) is 16.5. The van der Waals surface area contributed by atoms with Gasteiger partial charge in [0.25, 0.3) is 0 Å². The summed E-state index contributed by atoms with van der Waals surface area (Å²) in [6.45, 7) is 7.55. The Morgan fingerprint density at radius 3 is 2.55 bits per heavy atom. The van der Waals surface area contributed by atoms with E-state index in [1.807, 2.05) is 31.3 Å². The summed E-state index contributed by atoms with van der Waals surface area (Å²) in [6.07, 6.45) is 0.485. The predicted octanol–water partition coefficient (Wildman–Crippen LogP) is 3.48. The van der Waals surface area contributed by atoms with E-state index in [4.69, 9.17) is 4.74 Å². The van der Waals surface area contributed by atoms with Crippen molar-refractivity contribution in [3.8, 4) is 0 Å². The van der Waals surface area contributed by atoms with Gasteiger partial charge in [-0.1, -0.05) is 42.0 Å². The van der Waals surface area contributed by atoms with E-state index < -0.39 is 0 Å². The van der Waals surface area contributed by atoms with Crippen LogP contribution >= 0.6 is 24.0 Å². The van der Waals surface area contributed by atoms with Gasteiger partial charge < -0.3 is 20.3 Å². The van der Waals surface area contributed by atoms with Crippen molar-refractivity contribution < 1.29 is 9.53 Å². The first-order chi connectivity index (χ1) is 15.5. The molecule has 2 aromatic carbocycles. The molecule has 180 valence electrons. The normalized spacial score (nSPS) is 14.3. The molecular formula is C25H36IN5O2.